The molecule has 2 fully saturated rings. The van der Waals surface area contributed by atoms with Crippen molar-refractivity contribution in [1.82, 2.24) is 0 Å². The molecule has 0 N–H and O–H groups in total. The second kappa shape index (κ2) is 1.51. The number of likely N-dealkylation sites (tertiary alicyclic amines) is 1. The zero-order chi connectivity index (χ0) is 6.48. The van der Waals surface area contributed by atoms with Gasteiger partial charge in [-0.3, -0.25) is 0 Å². The summed E-state index contributed by atoms with van der Waals surface area (Å²) in [6.45, 7) is 1.45. The van der Waals surface area contributed by atoms with Crippen molar-refractivity contribution in [2.75, 3.05) is 20.6 Å². The zero-order valence-electron chi connectivity index (χ0n) is 6.43. The second-order valence-corrected chi connectivity index (χ2v) is 4.29. The van der Waals surface area contributed by atoms with Crippen LogP contribution < -0.4 is 0 Å². The number of fused-ring (bicyclic) bond motifs is 2. The van der Waals surface area contributed by atoms with Gasteiger partial charge in [0.05, 0.1) is 26.7 Å². The average molecular weight is 126 g/mol. The smallest absolute Gasteiger partial charge is 0.0891 e. The van der Waals surface area contributed by atoms with Gasteiger partial charge in [0.1, 0.15) is 0 Å². The molecule has 1 saturated carbocycles. The molecule has 1 nitrogen and oxygen atoms in total. The molecule has 9 heavy (non-hydrogen) atoms. The van der Waals surface area contributed by atoms with E-state index >= 15 is 0 Å². The molecule has 52 valence electrons. The molecule has 0 aromatic rings. The Morgan fingerprint density at radius 2 is 2.00 bits per heavy atom. The van der Waals surface area contributed by atoms with Crippen LogP contribution in [0.15, 0.2) is 0 Å². The van der Waals surface area contributed by atoms with Gasteiger partial charge in [-0.05, 0) is 12.8 Å². The van der Waals surface area contributed by atoms with Crippen molar-refractivity contribution in [3.05, 3.63) is 0 Å². The summed E-state index contributed by atoms with van der Waals surface area (Å²) in [4.78, 5) is 0. The summed E-state index contributed by atoms with van der Waals surface area (Å²) in [5.41, 5.74) is 0. The summed E-state index contributed by atoms with van der Waals surface area (Å²) in [5.74, 6) is 1.09. The van der Waals surface area contributed by atoms with Gasteiger partial charge in [0.25, 0.3) is 0 Å². The van der Waals surface area contributed by atoms with Crippen LogP contribution >= 0.6 is 0 Å². The van der Waals surface area contributed by atoms with Crippen molar-refractivity contribution in [3.63, 3.8) is 0 Å². The molecule has 0 spiro atoms. The van der Waals surface area contributed by atoms with Gasteiger partial charge in [-0.2, -0.15) is 0 Å². The Labute approximate surface area is 57.3 Å². The number of rotatable bonds is 0. The Morgan fingerprint density at radius 1 is 1.22 bits per heavy atom. The highest BCUT2D eigenvalue weighted by atomic mass is 15.4. The van der Waals surface area contributed by atoms with Gasteiger partial charge in [0.15, 0.2) is 0 Å². The summed E-state index contributed by atoms with van der Waals surface area (Å²) in [6.07, 6.45) is 4.54. The van der Waals surface area contributed by atoms with Gasteiger partial charge < -0.3 is 4.48 Å². The predicted molar refractivity (Wildman–Crippen MR) is 38.1 cm³/mol. The first-order valence-electron chi connectivity index (χ1n) is 4.01. The highest BCUT2D eigenvalue weighted by Gasteiger charge is 2.45. The molecule has 0 aromatic carbocycles. The first-order valence-corrected chi connectivity index (χ1v) is 4.01. The van der Waals surface area contributed by atoms with E-state index in [0.717, 1.165) is 12.0 Å². The number of hydrogen-bond acceptors (Lipinski definition) is 0. The molecule has 1 unspecified atom stereocenters. The quantitative estimate of drug-likeness (QED) is 0.428. The number of hydrogen-bond donors (Lipinski definition) is 0. The van der Waals surface area contributed by atoms with E-state index in [0.29, 0.717) is 0 Å². The maximum absolute atomic E-state index is 2.38. The van der Waals surface area contributed by atoms with E-state index in [-0.39, 0.29) is 0 Å². The molecule has 2 atom stereocenters. The molecule has 2 rings (SSSR count). The van der Waals surface area contributed by atoms with Gasteiger partial charge in [0.2, 0.25) is 0 Å². The van der Waals surface area contributed by atoms with Crippen molar-refractivity contribution < 1.29 is 4.48 Å². The van der Waals surface area contributed by atoms with Crippen LogP contribution in [-0.2, 0) is 0 Å². The van der Waals surface area contributed by atoms with Crippen LogP contribution in [0.4, 0.5) is 0 Å². The Kier molecular flexibility index (Phi) is 0.963. The molecule has 0 aromatic heterocycles. The first kappa shape index (κ1) is 5.72. The molecular weight excluding hydrogens is 110 g/mol. The van der Waals surface area contributed by atoms with E-state index in [1.54, 1.807) is 0 Å². The minimum atomic E-state index is 1.02. The van der Waals surface area contributed by atoms with E-state index in [2.05, 4.69) is 14.1 Å². The van der Waals surface area contributed by atoms with Crippen LogP contribution in [0.5, 0.6) is 0 Å². The monoisotopic (exact) mass is 126 g/mol. The molecular formula is C8H16N+. The van der Waals surface area contributed by atoms with E-state index in [4.69, 9.17) is 0 Å². The molecule has 0 amide bonds. The van der Waals surface area contributed by atoms with Gasteiger partial charge in [-0.15, -0.1) is 0 Å². The SMILES string of the molecule is C[N+]1(C)CC2CC[C@@H]1C2. The number of piperidine rings is 1. The van der Waals surface area contributed by atoms with Crippen molar-refractivity contribution >= 4 is 0 Å². The summed E-state index contributed by atoms with van der Waals surface area (Å²) in [5, 5.41) is 0. The van der Waals surface area contributed by atoms with Gasteiger partial charge >= 0.3 is 0 Å². The van der Waals surface area contributed by atoms with Crippen molar-refractivity contribution in [2.24, 2.45) is 5.92 Å². The third-order valence-electron chi connectivity index (χ3n) is 3.23. The first-order chi connectivity index (χ1) is 4.18. The molecule has 2 aliphatic rings. The predicted octanol–water partition coefficient (Wildman–Crippen LogP) is 1.25. The van der Waals surface area contributed by atoms with E-state index in [1.807, 2.05) is 0 Å². The molecule has 2 bridgehead atoms. The fourth-order valence-corrected chi connectivity index (χ4v) is 2.66. The molecule has 1 heterocycles. The Hall–Kier alpha value is -0.0400. The average Bonchev–Trinajstić information content (AvgIpc) is 2.19. The minimum absolute atomic E-state index is 1.02. The zero-order valence-corrected chi connectivity index (χ0v) is 6.43. The van der Waals surface area contributed by atoms with Crippen LogP contribution in [0.25, 0.3) is 0 Å². The van der Waals surface area contributed by atoms with Crippen LogP contribution in [0, 0.1) is 5.92 Å². The van der Waals surface area contributed by atoms with Gasteiger partial charge in [-0.25, -0.2) is 0 Å². The topological polar surface area (TPSA) is 0 Å². The lowest BCUT2D eigenvalue weighted by atomic mass is 10.1. The van der Waals surface area contributed by atoms with E-state index < -0.39 is 0 Å². The van der Waals surface area contributed by atoms with Crippen LogP contribution in [0.2, 0.25) is 0 Å². The Balaban J connectivity index is 2.18. The van der Waals surface area contributed by atoms with Gasteiger partial charge in [-0.1, -0.05) is 0 Å². The summed E-state index contributed by atoms with van der Waals surface area (Å²) >= 11 is 0. The molecule has 0 radical (unpaired) electrons. The number of nitrogens with zero attached hydrogens (tertiary/aromatic N) is 1. The lowest BCUT2D eigenvalue weighted by Gasteiger charge is -2.33. The van der Waals surface area contributed by atoms with E-state index in [1.165, 1.54) is 30.3 Å². The van der Waals surface area contributed by atoms with Gasteiger partial charge in [0, 0.05) is 12.3 Å². The largest absolute Gasteiger partial charge is 0.326 e. The second-order valence-electron chi connectivity index (χ2n) is 4.29. The minimum Gasteiger partial charge on any atom is -0.326 e. The Morgan fingerprint density at radius 3 is 2.22 bits per heavy atom. The third-order valence-corrected chi connectivity index (χ3v) is 3.23. The molecule has 1 saturated heterocycles. The normalized spacial score (nSPS) is 46.0. The summed E-state index contributed by atoms with van der Waals surface area (Å²) < 4.78 is 1.31. The highest BCUT2D eigenvalue weighted by molar-refractivity contribution is 4.82. The summed E-state index contributed by atoms with van der Waals surface area (Å²) in [6, 6.07) is 1.02. The molecule has 1 aliphatic carbocycles. The molecule has 1 aliphatic heterocycles. The third kappa shape index (κ3) is 0.710. The Bertz CT molecular complexity index is 129. The number of quaternary nitrogens is 1. The van der Waals surface area contributed by atoms with Crippen molar-refractivity contribution in [2.45, 2.75) is 25.3 Å². The van der Waals surface area contributed by atoms with E-state index in [9.17, 15) is 0 Å². The lowest BCUT2D eigenvalue weighted by Crippen LogP contribution is -2.45. The maximum Gasteiger partial charge on any atom is 0.0891 e. The van der Waals surface area contributed by atoms with Crippen LogP contribution in [0.1, 0.15) is 19.3 Å². The molecule has 1 heteroatoms. The fourth-order valence-electron chi connectivity index (χ4n) is 2.66. The van der Waals surface area contributed by atoms with Crippen LogP contribution in [0.3, 0.4) is 0 Å². The summed E-state index contributed by atoms with van der Waals surface area (Å²) in [7, 11) is 4.76. The lowest BCUT2D eigenvalue weighted by molar-refractivity contribution is -0.907. The standard InChI is InChI=1S/C8H16N/c1-9(2)6-7-3-4-8(9)5-7/h7-8H,3-6H2,1-2H3/q+1/t7?,8-/m1/s1. The fraction of sp³-hybridized carbons (Fsp3) is 1.00. The van der Waals surface area contributed by atoms with Crippen molar-refractivity contribution in [1.29, 1.82) is 0 Å². The maximum atomic E-state index is 2.38. The highest BCUT2D eigenvalue weighted by Crippen LogP contribution is 2.40. The van der Waals surface area contributed by atoms with Crippen LogP contribution in [-0.4, -0.2) is 31.2 Å². The van der Waals surface area contributed by atoms with Crippen molar-refractivity contribution in [3.8, 4) is 0 Å².